The molecular formula is C11H23NO. The Morgan fingerprint density at radius 1 is 1.46 bits per heavy atom. The molecule has 1 aliphatic rings. The molecule has 0 aromatic heterocycles. The van der Waals surface area contributed by atoms with Crippen LogP contribution >= 0.6 is 0 Å². The van der Waals surface area contributed by atoms with Gasteiger partial charge in [0.1, 0.15) is 0 Å². The van der Waals surface area contributed by atoms with Crippen molar-refractivity contribution in [2.24, 2.45) is 17.8 Å². The minimum atomic E-state index is 0.734. The third-order valence-electron chi connectivity index (χ3n) is 3.16. The Morgan fingerprint density at radius 3 is 2.69 bits per heavy atom. The summed E-state index contributed by atoms with van der Waals surface area (Å²) in [4.78, 5) is 0. The van der Waals surface area contributed by atoms with E-state index >= 15 is 0 Å². The Morgan fingerprint density at radius 2 is 2.23 bits per heavy atom. The molecule has 1 fully saturated rings. The summed E-state index contributed by atoms with van der Waals surface area (Å²) in [5, 5.41) is 3.47. The van der Waals surface area contributed by atoms with E-state index in [1.807, 2.05) is 7.11 Å². The predicted molar refractivity (Wildman–Crippen MR) is 55.8 cm³/mol. The van der Waals surface area contributed by atoms with Crippen LogP contribution < -0.4 is 5.32 Å². The fourth-order valence-corrected chi connectivity index (χ4v) is 2.31. The SMILES string of the molecule is COCC(C(C)C)C1CCCNC1. The molecule has 1 rings (SSSR count). The third-order valence-corrected chi connectivity index (χ3v) is 3.16. The lowest BCUT2D eigenvalue weighted by atomic mass is 9.80. The average Bonchev–Trinajstić information content (AvgIpc) is 2.15. The van der Waals surface area contributed by atoms with Crippen LogP contribution in [0.5, 0.6) is 0 Å². The number of nitrogens with one attached hydrogen (secondary N) is 1. The first kappa shape index (κ1) is 11.0. The summed E-state index contributed by atoms with van der Waals surface area (Å²) in [5.74, 6) is 2.30. The van der Waals surface area contributed by atoms with Crippen molar-refractivity contribution in [2.75, 3.05) is 26.8 Å². The van der Waals surface area contributed by atoms with Gasteiger partial charge in [-0.1, -0.05) is 13.8 Å². The summed E-state index contributed by atoms with van der Waals surface area (Å²) in [6, 6.07) is 0. The largest absolute Gasteiger partial charge is 0.384 e. The van der Waals surface area contributed by atoms with Crippen LogP contribution in [-0.2, 0) is 4.74 Å². The second kappa shape index (κ2) is 5.61. The summed E-state index contributed by atoms with van der Waals surface area (Å²) in [6.07, 6.45) is 2.71. The van der Waals surface area contributed by atoms with E-state index in [0.29, 0.717) is 0 Å². The van der Waals surface area contributed by atoms with Gasteiger partial charge in [-0.25, -0.2) is 0 Å². The van der Waals surface area contributed by atoms with Crippen LogP contribution in [0.4, 0.5) is 0 Å². The molecule has 0 aromatic carbocycles. The van der Waals surface area contributed by atoms with Crippen molar-refractivity contribution in [1.29, 1.82) is 0 Å². The fraction of sp³-hybridized carbons (Fsp3) is 1.00. The number of rotatable bonds is 4. The number of hydrogen-bond donors (Lipinski definition) is 1. The summed E-state index contributed by atoms with van der Waals surface area (Å²) < 4.78 is 5.29. The highest BCUT2D eigenvalue weighted by molar-refractivity contribution is 4.78. The van der Waals surface area contributed by atoms with Crippen molar-refractivity contribution in [2.45, 2.75) is 26.7 Å². The van der Waals surface area contributed by atoms with Crippen molar-refractivity contribution < 1.29 is 4.74 Å². The van der Waals surface area contributed by atoms with Crippen molar-refractivity contribution >= 4 is 0 Å². The van der Waals surface area contributed by atoms with Crippen LogP contribution in [-0.4, -0.2) is 26.8 Å². The van der Waals surface area contributed by atoms with Crippen molar-refractivity contribution in [3.63, 3.8) is 0 Å². The van der Waals surface area contributed by atoms with Gasteiger partial charge in [0.25, 0.3) is 0 Å². The van der Waals surface area contributed by atoms with Crippen LogP contribution in [0.15, 0.2) is 0 Å². The van der Waals surface area contributed by atoms with E-state index < -0.39 is 0 Å². The Kier molecular flexibility index (Phi) is 4.74. The first-order valence-electron chi connectivity index (χ1n) is 5.45. The summed E-state index contributed by atoms with van der Waals surface area (Å²) in [5.41, 5.74) is 0. The molecule has 0 spiro atoms. The highest BCUT2D eigenvalue weighted by Crippen LogP contribution is 2.26. The Hall–Kier alpha value is -0.0800. The zero-order valence-corrected chi connectivity index (χ0v) is 9.18. The van der Waals surface area contributed by atoms with Gasteiger partial charge in [-0.2, -0.15) is 0 Å². The van der Waals surface area contributed by atoms with Crippen LogP contribution in [0.25, 0.3) is 0 Å². The van der Waals surface area contributed by atoms with Gasteiger partial charge in [-0.15, -0.1) is 0 Å². The predicted octanol–water partition coefficient (Wildman–Crippen LogP) is 1.90. The molecule has 1 N–H and O–H groups in total. The Balaban J connectivity index is 2.41. The van der Waals surface area contributed by atoms with Gasteiger partial charge in [-0.05, 0) is 43.7 Å². The van der Waals surface area contributed by atoms with Crippen LogP contribution in [0, 0.1) is 17.8 Å². The molecule has 2 atom stereocenters. The molecule has 0 saturated carbocycles. The molecule has 0 bridgehead atoms. The van der Waals surface area contributed by atoms with Gasteiger partial charge in [0.15, 0.2) is 0 Å². The zero-order chi connectivity index (χ0) is 9.68. The summed E-state index contributed by atoms with van der Waals surface area (Å²) in [7, 11) is 1.81. The molecule has 2 nitrogen and oxygen atoms in total. The van der Waals surface area contributed by atoms with E-state index in [9.17, 15) is 0 Å². The zero-order valence-electron chi connectivity index (χ0n) is 9.18. The van der Waals surface area contributed by atoms with E-state index in [-0.39, 0.29) is 0 Å². The lowest BCUT2D eigenvalue weighted by Crippen LogP contribution is -2.37. The van der Waals surface area contributed by atoms with Gasteiger partial charge in [0.05, 0.1) is 0 Å². The molecule has 0 aromatic rings. The van der Waals surface area contributed by atoms with E-state index in [1.54, 1.807) is 0 Å². The second-order valence-electron chi connectivity index (χ2n) is 4.47. The highest BCUT2D eigenvalue weighted by atomic mass is 16.5. The maximum Gasteiger partial charge on any atom is 0.0496 e. The maximum atomic E-state index is 5.29. The first-order valence-corrected chi connectivity index (χ1v) is 5.45. The quantitative estimate of drug-likeness (QED) is 0.722. The number of hydrogen-bond acceptors (Lipinski definition) is 2. The fourth-order valence-electron chi connectivity index (χ4n) is 2.31. The topological polar surface area (TPSA) is 21.3 Å². The molecule has 1 heterocycles. The average molecular weight is 185 g/mol. The lowest BCUT2D eigenvalue weighted by Gasteiger charge is -2.32. The Bertz CT molecular complexity index is 130. The molecule has 2 heteroatoms. The van der Waals surface area contributed by atoms with Crippen molar-refractivity contribution in [3.8, 4) is 0 Å². The monoisotopic (exact) mass is 185 g/mol. The normalized spacial score (nSPS) is 26.3. The van der Waals surface area contributed by atoms with Crippen molar-refractivity contribution in [1.82, 2.24) is 5.32 Å². The molecule has 2 unspecified atom stereocenters. The highest BCUT2D eigenvalue weighted by Gasteiger charge is 2.25. The van der Waals surface area contributed by atoms with Gasteiger partial charge in [0.2, 0.25) is 0 Å². The molecule has 0 aliphatic carbocycles. The van der Waals surface area contributed by atoms with Crippen LogP contribution in [0.1, 0.15) is 26.7 Å². The lowest BCUT2D eigenvalue weighted by molar-refractivity contribution is 0.0814. The number of methoxy groups -OCH3 is 1. The minimum absolute atomic E-state index is 0.734. The van der Waals surface area contributed by atoms with Gasteiger partial charge < -0.3 is 10.1 Å². The molecule has 0 amide bonds. The number of piperidine rings is 1. The Labute approximate surface area is 82.0 Å². The van der Waals surface area contributed by atoms with E-state index in [2.05, 4.69) is 19.2 Å². The minimum Gasteiger partial charge on any atom is -0.384 e. The molecule has 13 heavy (non-hydrogen) atoms. The smallest absolute Gasteiger partial charge is 0.0496 e. The van der Waals surface area contributed by atoms with Crippen LogP contribution in [0.3, 0.4) is 0 Å². The van der Waals surface area contributed by atoms with E-state index in [0.717, 1.165) is 24.4 Å². The third kappa shape index (κ3) is 3.28. The molecular weight excluding hydrogens is 162 g/mol. The molecule has 1 saturated heterocycles. The summed E-state index contributed by atoms with van der Waals surface area (Å²) >= 11 is 0. The van der Waals surface area contributed by atoms with Crippen LogP contribution in [0.2, 0.25) is 0 Å². The van der Waals surface area contributed by atoms with E-state index in [1.165, 1.54) is 25.9 Å². The standard InChI is InChI=1S/C11H23NO/c1-9(2)11(8-13-3)10-5-4-6-12-7-10/h9-12H,4-8H2,1-3H3. The maximum absolute atomic E-state index is 5.29. The van der Waals surface area contributed by atoms with Gasteiger partial charge in [0, 0.05) is 13.7 Å². The molecule has 0 radical (unpaired) electrons. The summed E-state index contributed by atoms with van der Waals surface area (Å²) in [6.45, 7) is 7.92. The van der Waals surface area contributed by atoms with Gasteiger partial charge in [-0.3, -0.25) is 0 Å². The molecule has 1 aliphatic heterocycles. The second-order valence-corrected chi connectivity index (χ2v) is 4.47. The molecule has 78 valence electrons. The van der Waals surface area contributed by atoms with Crippen molar-refractivity contribution in [3.05, 3.63) is 0 Å². The number of ether oxygens (including phenoxy) is 1. The van der Waals surface area contributed by atoms with E-state index in [4.69, 9.17) is 4.74 Å². The van der Waals surface area contributed by atoms with Gasteiger partial charge >= 0.3 is 0 Å². The first-order chi connectivity index (χ1) is 6.25.